The number of Topliss-reactive ketones (excluding diaryl/α,β-unsaturated/α-hetero) is 1. The van der Waals surface area contributed by atoms with Crippen molar-refractivity contribution in [2.75, 3.05) is 6.61 Å². The molecule has 0 saturated carbocycles. The first-order chi connectivity index (χ1) is 12.9. The molecule has 5 unspecified atom stereocenters. The number of hydrogen-bond acceptors (Lipinski definition) is 7. The van der Waals surface area contributed by atoms with Crippen molar-refractivity contribution in [1.82, 2.24) is 0 Å². The second-order valence-electron chi connectivity index (χ2n) is 7.23. The zero-order chi connectivity index (χ0) is 19.8. The summed E-state index contributed by atoms with van der Waals surface area (Å²) in [7, 11) is 0. The molecule has 6 N–H and O–H groups in total. The van der Waals surface area contributed by atoms with Crippen LogP contribution < -0.4 is 5.73 Å². The van der Waals surface area contributed by atoms with Gasteiger partial charge in [0.25, 0.3) is 0 Å². The van der Waals surface area contributed by atoms with Crippen LogP contribution in [0.1, 0.15) is 37.7 Å². The fourth-order valence-corrected chi connectivity index (χ4v) is 3.41. The van der Waals surface area contributed by atoms with Crippen molar-refractivity contribution in [1.29, 1.82) is 0 Å². The van der Waals surface area contributed by atoms with Gasteiger partial charge in [-0.15, -0.1) is 0 Å². The van der Waals surface area contributed by atoms with E-state index in [4.69, 9.17) is 10.5 Å². The highest BCUT2D eigenvalue weighted by Gasteiger charge is 2.42. The third-order valence-electron chi connectivity index (χ3n) is 5.12. The van der Waals surface area contributed by atoms with Crippen molar-refractivity contribution in [2.24, 2.45) is 5.73 Å². The second kappa shape index (κ2) is 10.8. The highest BCUT2D eigenvalue weighted by atomic mass is 16.5. The molecule has 1 saturated heterocycles. The van der Waals surface area contributed by atoms with Crippen LogP contribution in [0, 0.1) is 0 Å². The topological polar surface area (TPSA) is 133 Å². The molecule has 152 valence electrons. The van der Waals surface area contributed by atoms with Crippen molar-refractivity contribution in [2.45, 2.75) is 75.1 Å². The number of aliphatic hydroxyl groups excluding tert-OH is 4. The number of carbonyl (C=O) groups is 1. The van der Waals surface area contributed by atoms with Crippen LogP contribution >= 0.6 is 0 Å². The average molecular weight is 381 g/mol. The number of ether oxygens (including phenoxy) is 1. The number of carbonyl (C=O) groups excluding carboxylic acids is 1. The highest BCUT2D eigenvalue weighted by molar-refractivity contribution is 5.84. The van der Waals surface area contributed by atoms with Crippen LogP contribution in [0.2, 0.25) is 0 Å². The molecule has 1 aromatic rings. The molecule has 0 aliphatic carbocycles. The fourth-order valence-electron chi connectivity index (χ4n) is 3.41. The van der Waals surface area contributed by atoms with Crippen LogP contribution in [0.4, 0.5) is 0 Å². The van der Waals surface area contributed by atoms with Crippen LogP contribution in [0.25, 0.3) is 0 Å². The smallest absolute Gasteiger partial charge is 0.149 e. The first-order valence-electron chi connectivity index (χ1n) is 9.56. The van der Waals surface area contributed by atoms with Crippen molar-refractivity contribution in [3.05, 3.63) is 35.9 Å². The van der Waals surface area contributed by atoms with Crippen molar-refractivity contribution >= 4 is 5.78 Å². The zero-order valence-electron chi connectivity index (χ0n) is 15.5. The minimum atomic E-state index is -1.33. The van der Waals surface area contributed by atoms with Gasteiger partial charge in [-0.05, 0) is 24.8 Å². The maximum Gasteiger partial charge on any atom is 0.149 e. The lowest BCUT2D eigenvalue weighted by atomic mass is 9.92. The SMILES string of the molecule is N[C@H](Cc1ccccc1)C(=O)CCCCCC1OC(CO)C(O)C(O)C1O. The number of unbranched alkanes of at least 4 members (excludes halogenated alkanes) is 2. The number of benzene rings is 1. The molecule has 1 heterocycles. The van der Waals surface area contributed by atoms with E-state index in [1.54, 1.807) is 0 Å². The van der Waals surface area contributed by atoms with Crippen LogP contribution in [-0.4, -0.2) is 69.4 Å². The summed E-state index contributed by atoms with van der Waals surface area (Å²) in [6.07, 6.45) is -1.80. The lowest BCUT2D eigenvalue weighted by Gasteiger charge is -2.40. The van der Waals surface area contributed by atoms with Crippen molar-refractivity contribution in [3.8, 4) is 0 Å². The molecule has 6 atom stereocenters. The van der Waals surface area contributed by atoms with E-state index < -0.39 is 43.2 Å². The molecule has 0 bridgehead atoms. The predicted octanol–water partition coefficient (Wildman–Crippen LogP) is -0.0816. The predicted molar refractivity (Wildman–Crippen MR) is 100.0 cm³/mol. The Morgan fingerprint density at radius 3 is 2.33 bits per heavy atom. The quantitative estimate of drug-likeness (QED) is 0.358. The summed E-state index contributed by atoms with van der Waals surface area (Å²) < 4.78 is 5.47. The summed E-state index contributed by atoms with van der Waals surface area (Å²) in [5, 5.41) is 38.7. The van der Waals surface area contributed by atoms with E-state index in [0.717, 1.165) is 12.0 Å². The number of ketones is 1. The summed E-state index contributed by atoms with van der Waals surface area (Å²) in [5.74, 6) is 0.0340. The van der Waals surface area contributed by atoms with E-state index in [2.05, 4.69) is 0 Å². The Kier molecular flexibility index (Phi) is 8.82. The molecule has 27 heavy (non-hydrogen) atoms. The number of hydrogen-bond donors (Lipinski definition) is 5. The van der Waals surface area contributed by atoms with Gasteiger partial charge in [-0.2, -0.15) is 0 Å². The Hall–Kier alpha value is -1.35. The lowest BCUT2D eigenvalue weighted by molar-refractivity contribution is -0.230. The second-order valence-corrected chi connectivity index (χ2v) is 7.23. The van der Waals surface area contributed by atoms with Gasteiger partial charge in [0.05, 0.1) is 18.8 Å². The van der Waals surface area contributed by atoms with Gasteiger partial charge in [-0.25, -0.2) is 0 Å². The molecule has 0 radical (unpaired) electrons. The first-order valence-corrected chi connectivity index (χ1v) is 9.56. The maximum atomic E-state index is 12.1. The third kappa shape index (κ3) is 6.34. The maximum absolute atomic E-state index is 12.1. The van der Waals surface area contributed by atoms with Gasteiger partial charge < -0.3 is 30.9 Å². The summed E-state index contributed by atoms with van der Waals surface area (Å²) >= 11 is 0. The molecule has 1 aliphatic rings. The first kappa shape index (κ1) is 21.9. The Morgan fingerprint density at radius 1 is 1.00 bits per heavy atom. The molecule has 2 rings (SSSR count). The van der Waals surface area contributed by atoms with E-state index in [1.165, 1.54) is 0 Å². The van der Waals surface area contributed by atoms with Gasteiger partial charge in [0.2, 0.25) is 0 Å². The van der Waals surface area contributed by atoms with Crippen molar-refractivity contribution in [3.63, 3.8) is 0 Å². The van der Waals surface area contributed by atoms with E-state index in [-0.39, 0.29) is 5.78 Å². The van der Waals surface area contributed by atoms with Crippen LogP contribution in [0.15, 0.2) is 30.3 Å². The Balaban J connectivity index is 1.65. The Labute approximate surface area is 159 Å². The van der Waals surface area contributed by atoms with Gasteiger partial charge >= 0.3 is 0 Å². The van der Waals surface area contributed by atoms with Gasteiger partial charge in [0.1, 0.15) is 30.2 Å². The number of rotatable bonds is 10. The van der Waals surface area contributed by atoms with Crippen molar-refractivity contribution < 1.29 is 30.0 Å². The monoisotopic (exact) mass is 381 g/mol. The van der Waals surface area contributed by atoms with E-state index in [0.29, 0.717) is 32.1 Å². The average Bonchev–Trinajstić information content (AvgIpc) is 2.68. The summed E-state index contributed by atoms with van der Waals surface area (Å²) in [4.78, 5) is 12.1. The highest BCUT2D eigenvalue weighted by Crippen LogP contribution is 2.24. The lowest BCUT2D eigenvalue weighted by Crippen LogP contribution is -2.58. The number of aliphatic hydroxyl groups is 4. The molecule has 1 aromatic carbocycles. The minimum absolute atomic E-state index is 0.0340. The molecule has 0 spiro atoms. The fraction of sp³-hybridized carbons (Fsp3) is 0.650. The summed E-state index contributed by atoms with van der Waals surface area (Å²) in [6, 6.07) is 9.17. The van der Waals surface area contributed by atoms with Gasteiger partial charge in [0.15, 0.2) is 0 Å². The molecule has 7 nitrogen and oxygen atoms in total. The summed E-state index contributed by atoms with van der Waals surface area (Å²) in [5.41, 5.74) is 7.02. The Bertz CT molecular complexity index is 567. The molecule has 1 aliphatic heterocycles. The summed E-state index contributed by atoms with van der Waals surface area (Å²) in [6.45, 7) is -0.421. The van der Waals surface area contributed by atoms with E-state index >= 15 is 0 Å². The molecular formula is C20H31NO6. The molecule has 7 heteroatoms. The van der Waals surface area contributed by atoms with Crippen LogP contribution in [0.5, 0.6) is 0 Å². The van der Waals surface area contributed by atoms with E-state index in [9.17, 15) is 25.2 Å². The van der Waals surface area contributed by atoms with Crippen LogP contribution in [-0.2, 0) is 16.0 Å². The minimum Gasteiger partial charge on any atom is -0.394 e. The van der Waals surface area contributed by atoms with Gasteiger partial charge in [0, 0.05) is 6.42 Å². The third-order valence-corrected chi connectivity index (χ3v) is 5.12. The standard InChI is InChI=1S/C20H31NO6/c21-14(11-13-7-3-1-4-8-13)15(23)9-5-2-6-10-16-18(24)20(26)19(25)17(12-22)27-16/h1,3-4,7-8,14,16-20,22,24-26H,2,5-6,9-12,21H2/t14-,16?,17?,18?,19?,20?/m1/s1. The molecule has 0 amide bonds. The molecule has 1 fully saturated rings. The molecule has 0 aromatic heterocycles. The molecular weight excluding hydrogens is 350 g/mol. The van der Waals surface area contributed by atoms with Gasteiger partial charge in [-0.1, -0.05) is 43.2 Å². The van der Waals surface area contributed by atoms with Crippen LogP contribution in [0.3, 0.4) is 0 Å². The normalized spacial score (nSPS) is 29.4. The van der Waals surface area contributed by atoms with E-state index in [1.807, 2.05) is 30.3 Å². The van der Waals surface area contributed by atoms with Gasteiger partial charge in [-0.3, -0.25) is 4.79 Å². The number of nitrogens with two attached hydrogens (primary N) is 1. The zero-order valence-corrected chi connectivity index (χ0v) is 15.5. The largest absolute Gasteiger partial charge is 0.394 e. The Morgan fingerprint density at radius 2 is 1.67 bits per heavy atom.